The van der Waals surface area contributed by atoms with Crippen LogP contribution in [0, 0.1) is 0 Å². The van der Waals surface area contributed by atoms with Gasteiger partial charge in [-0.2, -0.15) is 18.3 Å². The number of nitrogens with zero attached hydrogens (tertiary/aromatic N) is 3. The number of rotatable bonds is 5. The number of pyridine rings is 1. The Bertz CT molecular complexity index is 701. The van der Waals surface area contributed by atoms with E-state index >= 15 is 0 Å². The third-order valence-corrected chi connectivity index (χ3v) is 3.18. The monoisotopic (exact) mass is 347 g/mol. The quantitative estimate of drug-likeness (QED) is 0.810. The minimum atomic E-state index is -4.80. The van der Waals surface area contributed by atoms with E-state index < -0.39 is 23.3 Å². The van der Waals surface area contributed by atoms with Gasteiger partial charge >= 0.3 is 6.18 Å². The van der Waals surface area contributed by atoms with Crippen LogP contribution in [0.3, 0.4) is 0 Å². The van der Waals surface area contributed by atoms with Crippen molar-refractivity contribution in [3.8, 4) is 5.82 Å². The van der Waals surface area contributed by atoms with Crippen LogP contribution in [-0.2, 0) is 6.18 Å². The topological polar surface area (TPSA) is 71.8 Å². The zero-order valence-corrected chi connectivity index (χ0v) is 12.7. The Labute approximate surface area is 134 Å². The van der Waals surface area contributed by atoms with Crippen LogP contribution in [0.25, 0.3) is 5.82 Å². The molecule has 0 spiro atoms. The largest absolute Gasteiger partial charge is 0.434 e. The number of hydrogen-bond acceptors (Lipinski definition) is 4. The highest BCUT2D eigenvalue weighted by atomic mass is 35.5. The van der Waals surface area contributed by atoms with Gasteiger partial charge in [-0.25, -0.2) is 9.67 Å². The molecule has 2 aromatic rings. The van der Waals surface area contributed by atoms with Gasteiger partial charge in [0.05, 0.1) is 16.8 Å². The molecule has 2 aromatic heterocycles. The molecule has 0 aliphatic rings. The standard InChI is InChI=1S/C13H13ClF3N5O/c1-18-5-6-20-12(23)8-7-21-22(10(8)13(15,16)17)11-9(14)3-2-4-19-11/h2-4,7,18H,5-6H2,1H3,(H,20,23). The van der Waals surface area contributed by atoms with E-state index in [1.807, 2.05) is 0 Å². The van der Waals surface area contributed by atoms with Gasteiger partial charge in [0.25, 0.3) is 5.91 Å². The molecular weight excluding hydrogens is 335 g/mol. The Morgan fingerprint density at radius 2 is 2.13 bits per heavy atom. The van der Waals surface area contributed by atoms with E-state index in [0.717, 1.165) is 6.20 Å². The smallest absolute Gasteiger partial charge is 0.351 e. The van der Waals surface area contributed by atoms with Crippen molar-refractivity contribution in [1.29, 1.82) is 0 Å². The number of nitrogens with one attached hydrogen (secondary N) is 2. The summed E-state index contributed by atoms with van der Waals surface area (Å²) in [6.45, 7) is 0.607. The average molecular weight is 348 g/mol. The fraction of sp³-hybridized carbons (Fsp3) is 0.308. The lowest BCUT2D eigenvalue weighted by molar-refractivity contribution is -0.143. The third kappa shape index (κ3) is 3.80. The molecule has 2 rings (SSSR count). The van der Waals surface area contributed by atoms with Gasteiger partial charge < -0.3 is 10.6 Å². The number of amides is 1. The van der Waals surface area contributed by atoms with E-state index in [4.69, 9.17) is 11.6 Å². The number of likely N-dealkylation sites (N-methyl/N-ethyl adjacent to an activating group) is 1. The summed E-state index contributed by atoms with van der Waals surface area (Å²) in [5.74, 6) is -1.07. The summed E-state index contributed by atoms with van der Waals surface area (Å²) in [4.78, 5) is 15.8. The summed E-state index contributed by atoms with van der Waals surface area (Å²) in [6.07, 6.45) is -2.66. The van der Waals surface area contributed by atoms with Crippen LogP contribution in [0.2, 0.25) is 5.02 Å². The lowest BCUT2D eigenvalue weighted by Gasteiger charge is -2.13. The van der Waals surface area contributed by atoms with Gasteiger partial charge in [0.2, 0.25) is 0 Å². The number of carbonyl (C=O) groups is 1. The lowest BCUT2D eigenvalue weighted by atomic mass is 10.2. The van der Waals surface area contributed by atoms with Crippen molar-refractivity contribution < 1.29 is 18.0 Å². The molecule has 0 aliphatic carbocycles. The molecule has 124 valence electrons. The maximum atomic E-state index is 13.4. The van der Waals surface area contributed by atoms with Gasteiger partial charge in [-0.05, 0) is 19.2 Å². The van der Waals surface area contributed by atoms with Crippen LogP contribution in [0.4, 0.5) is 13.2 Å². The zero-order chi connectivity index (χ0) is 17.0. The van der Waals surface area contributed by atoms with Crippen molar-refractivity contribution in [2.24, 2.45) is 0 Å². The minimum Gasteiger partial charge on any atom is -0.351 e. The van der Waals surface area contributed by atoms with Crippen molar-refractivity contribution in [1.82, 2.24) is 25.4 Å². The van der Waals surface area contributed by atoms with Crippen LogP contribution in [0.5, 0.6) is 0 Å². The Balaban J connectivity index is 2.46. The van der Waals surface area contributed by atoms with Gasteiger partial charge in [0.15, 0.2) is 11.5 Å². The van der Waals surface area contributed by atoms with Gasteiger partial charge in [-0.3, -0.25) is 4.79 Å². The highest BCUT2D eigenvalue weighted by Crippen LogP contribution is 2.34. The van der Waals surface area contributed by atoms with E-state index in [-0.39, 0.29) is 17.4 Å². The van der Waals surface area contributed by atoms with E-state index in [1.165, 1.54) is 18.3 Å². The Morgan fingerprint density at radius 1 is 1.39 bits per heavy atom. The molecule has 0 fully saturated rings. The van der Waals surface area contributed by atoms with E-state index in [9.17, 15) is 18.0 Å². The second-order valence-corrected chi connectivity index (χ2v) is 4.89. The molecule has 23 heavy (non-hydrogen) atoms. The average Bonchev–Trinajstić information content (AvgIpc) is 2.93. The minimum absolute atomic E-state index is 0.0109. The van der Waals surface area contributed by atoms with Crippen LogP contribution < -0.4 is 10.6 Å². The predicted molar refractivity (Wildman–Crippen MR) is 77.6 cm³/mol. The maximum absolute atomic E-state index is 13.4. The van der Waals surface area contributed by atoms with Crippen molar-refractivity contribution in [3.05, 3.63) is 40.8 Å². The number of carbonyl (C=O) groups excluding carboxylic acids is 1. The Kier molecular flexibility index (Phi) is 5.22. The molecule has 0 aliphatic heterocycles. The molecule has 2 N–H and O–H groups in total. The first-order chi connectivity index (χ1) is 10.9. The molecule has 1 amide bonds. The van der Waals surface area contributed by atoms with Crippen LogP contribution in [0.15, 0.2) is 24.5 Å². The fourth-order valence-electron chi connectivity index (χ4n) is 1.88. The number of halogens is 4. The van der Waals surface area contributed by atoms with Crippen LogP contribution in [-0.4, -0.2) is 40.8 Å². The van der Waals surface area contributed by atoms with Gasteiger partial charge in [-0.15, -0.1) is 0 Å². The highest BCUT2D eigenvalue weighted by molar-refractivity contribution is 6.32. The van der Waals surface area contributed by atoms with Gasteiger partial charge in [0, 0.05) is 19.3 Å². The summed E-state index contributed by atoms with van der Waals surface area (Å²) in [6, 6.07) is 2.87. The van der Waals surface area contributed by atoms with E-state index in [2.05, 4.69) is 20.7 Å². The molecular formula is C13H13ClF3N5O. The molecule has 0 saturated heterocycles. The molecule has 0 unspecified atom stereocenters. The molecule has 0 radical (unpaired) electrons. The SMILES string of the molecule is CNCCNC(=O)c1cnn(-c2ncccc2Cl)c1C(F)(F)F. The summed E-state index contributed by atoms with van der Waals surface area (Å²) in [7, 11) is 1.66. The van der Waals surface area contributed by atoms with Crippen molar-refractivity contribution in [2.75, 3.05) is 20.1 Å². The number of hydrogen-bond donors (Lipinski definition) is 2. The van der Waals surface area contributed by atoms with E-state index in [0.29, 0.717) is 11.2 Å². The second-order valence-electron chi connectivity index (χ2n) is 4.48. The maximum Gasteiger partial charge on any atom is 0.434 e. The van der Waals surface area contributed by atoms with Gasteiger partial charge in [0.1, 0.15) is 0 Å². The molecule has 2 heterocycles. The summed E-state index contributed by atoms with van der Waals surface area (Å²) >= 11 is 5.87. The van der Waals surface area contributed by atoms with E-state index in [1.54, 1.807) is 7.05 Å². The van der Waals surface area contributed by atoms with Crippen molar-refractivity contribution >= 4 is 17.5 Å². The highest BCUT2D eigenvalue weighted by Gasteiger charge is 2.41. The van der Waals surface area contributed by atoms with Crippen molar-refractivity contribution in [3.63, 3.8) is 0 Å². The Hall–Kier alpha value is -2.13. The summed E-state index contributed by atoms with van der Waals surface area (Å²) in [5.41, 5.74) is -1.81. The zero-order valence-electron chi connectivity index (χ0n) is 12.0. The first-order valence-corrected chi connectivity index (χ1v) is 6.93. The lowest BCUT2D eigenvalue weighted by Crippen LogP contribution is -2.31. The first-order valence-electron chi connectivity index (χ1n) is 6.55. The first kappa shape index (κ1) is 17.2. The fourth-order valence-corrected chi connectivity index (χ4v) is 2.08. The second kappa shape index (κ2) is 6.97. The Morgan fingerprint density at radius 3 is 2.74 bits per heavy atom. The summed E-state index contributed by atoms with van der Waals surface area (Å²) in [5, 5.41) is 8.78. The number of aromatic nitrogens is 3. The molecule has 0 saturated carbocycles. The van der Waals surface area contributed by atoms with Crippen LogP contribution in [0.1, 0.15) is 16.1 Å². The van der Waals surface area contributed by atoms with Gasteiger partial charge in [-0.1, -0.05) is 11.6 Å². The molecule has 6 nitrogen and oxygen atoms in total. The van der Waals surface area contributed by atoms with Crippen molar-refractivity contribution in [2.45, 2.75) is 6.18 Å². The molecule has 0 atom stereocenters. The molecule has 0 aromatic carbocycles. The molecule has 10 heteroatoms. The predicted octanol–water partition coefficient (Wildman–Crippen LogP) is 1.89. The third-order valence-electron chi connectivity index (χ3n) is 2.88. The molecule has 0 bridgehead atoms. The normalized spacial score (nSPS) is 11.5. The summed E-state index contributed by atoms with van der Waals surface area (Å²) < 4.78 is 40.7. The number of alkyl halides is 3. The van der Waals surface area contributed by atoms with Crippen LogP contribution >= 0.6 is 11.6 Å².